The van der Waals surface area contributed by atoms with Crippen LogP contribution in [0, 0.1) is 18.8 Å². The van der Waals surface area contributed by atoms with Crippen molar-refractivity contribution in [3.05, 3.63) is 17.7 Å². The standard InChI is InChI=1S/C16H25NO4S/c1-11-6-12(2)10-17(9-11)22(18,19)16-8-14(20-4)13(3)7-15(16)21-5/h7-8,11-12H,6,9-10H2,1-5H3/t11-,12-/m0/s1. The van der Waals surface area contributed by atoms with E-state index in [2.05, 4.69) is 13.8 Å². The molecule has 1 aliphatic heterocycles. The Balaban J connectivity index is 2.48. The molecule has 6 heteroatoms. The first-order valence-corrected chi connectivity index (χ1v) is 8.96. The zero-order chi connectivity index (χ0) is 16.5. The summed E-state index contributed by atoms with van der Waals surface area (Å²) in [7, 11) is -0.566. The third-order valence-electron chi connectivity index (χ3n) is 4.13. The predicted molar refractivity (Wildman–Crippen MR) is 86.0 cm³/mol. The summed E-state index contributed by atoms with van der Waals surface area (Å²) >= 11 is 0. The summed E-state index contributed by atoms with van der Waals surface area (Å²) in [5, 5.41) is 0. The molecule has 22 heavy (non-hydrogen) atoms. The molecule has 124 valence electrons. The number of sulfonamides is 1. The Morgan fingerprint density at radius 1 is 1.05 bits per heavy atom. The lowest BCUT2D eigenvalue weighted by atomic mass is 9.94. The SMILES string of the molecule is COc1cc(S(=O)(=O)N2C[C@@H](C)C[C@H](C)C2)c(OC)cc1C. The monoisotopic (exact) mass is 327 g/mol. The average Bonchev–Trinajstić information content (AvgIpc) is 2.45. The fourth-order valence-corrected chi connectivity index (χ4v) is 5.00. The topological polar surface area (TPSA) is 55.8 Å². The molecule has 2 atom stereocenters. The third kappa shape index (κ3) is 3.22. The normalized spacial score (nSPS) is 23.3. The Bertz CT molecular complexity index is 632. The Morgan fingerprint density at radius 3 is 2.09 bits per heavy atom. The van der Waals surface area contributed by atoms with Gasteiger partial charge in [0.1, 0.15) is 16.4 Å². The van der Waals surface area contributed by atoms with Crippen LogP contribution in [0.5, 0.6) is 11.5 Å². The maximum Gasteiger partial charge on any atom is 0.246 e. The number of hydrogen-bond acceptors (Lipinski definition) is 4. The van der Waals surface area contributed by atoms with Crippen LogP contribution in [0.4, 0.5) is 0 Å². The smallest absolute Gasteiger partial charge is 0.246 e. The lowest BCUT2D eigenvalue weighted by Crippen LogP contribution is -2.42. The zero-order valence-corrected chi connectivity index (χ0v) is 14.7. The van der Waals surface area contributed by atoms with Gasteiger partial charge in [0.2, 0.25) is 10.0 Å². The van der Waals surface area contributed by atoms with Crippen LogP contribution in [-0.2, 0) is 10.0 Å². The second-order valence-electron chi connectivity index (χ2n) is 6.24. The van der Waals surface area contributed by atoms with Gasteiger partial charge in [-0.2, -0.15) is 4.31 Å². The number of rotatable bonds is 4. The second kappa shape index (κ2) is 6.46. The first-order chi connectivity index (χ1) is 10.3. The van der Waals surface area contributed by atoms with Gasteiger partial charge in [0, 0.05) is 19.2 Å². The molecule has 2 rings (SSSR count). The largest absolute Gasteiger partial charge is 0.496 e. The number of benzene rings is 1. The molecule has 1 saturated heterocycles. The molecular formula is C16H25NO4S. The highest BCUT2D eigenvalue weighted by Gasteiger charge is 2.34. The van der Waals surface area contributed by atoms with Crippen LogP contribution in [0.25, 0.3) is 0 Å². The summed E-state index contributed by atoms with van der Waals surface area (Å²) in [6, 6.07) is 3.27. The highest BCUT2D eigenvalue weighted by Crippen LogP contribution is 2.35. The lowest BCUT2D eigenvalue weighted by Gasteiger charge is -2.34. The van der Waals surface area contributed by atoms with Gasteiger partial charge >= 0.3 is 0 Å². The van der Waals surface area contributed by atoms with E-state index >= 15 is 0 Å². The fourth-order valence-electron chi connectivity index (χ4n) is 3.17. The van der Waals surface area contributed by atoms with Crippen LogP contribution in [0.3, 0.4) is 0 Å². The van der Waals surface area contributed by atoms with E-state index in [1.165, 1.54) is 14.2 Å². The molecule has 1 aliphatic rings. The van der Waals surface area contributed by atoms with Crippen LogP contribution in [0.15, 0.2) is 17.0 Å². The van der Waals surface area contributed by atoms with Crippen molar-refractivity contribution in [3.8, 4) is 11.5 Å². The van der Waals surface area contributed by atoms with E-state index in [4.69, 9.17) is 9.47 Å². The van der Waals surface area contributed by atoms with Crippen molar-refractivity contribution in [2.45, 2.75) is 32.1 Å². The summed E-state index contributed by atoms with van der Waals surface area (Å²) in [5.41, 5.74) is 0.846. The molecule has 0 amide bonds. The molecule has 0 radical (unpaired) electrons. The number of aryl methyl sites for hydroxylation is 1. The van der Waals surface area contributed by atoms with E-state index in [-0.39, 0.29) is 4.90 Å². The van der Waals surface area contributed by atoms with Gasteiger partial charge in [-0.05, 0) is 36.8 Å². The van der Waals surface area contributed by atoms with Crippen LogP contribution in [-0.4, -0.2) is 40.0 Å². The van der Waals surface area contributed by atoms with Gasteiger partial charge in [-0.3, -0.25) is 0 Å². The van der Waals surface area contributed by atoms with Gasteiger partial charge in [0.05, 0.1) is 14.2 Å². The minimum Gasteiger partial charge on any atom is -0.496 e. The Hall–Kier alpha value is -1.27. The number of piperidine rings is 1. The minimum absolute atomic E-state index is 0.179. The van der Waals surface area contributed by atoms with Crippen molar-refractivity contribution in [2.24, 2.45) is 11.8 Å². The van der Waals surface area contributed by atoms with E-state index in [1.54, 1.807) is 16.4 Å². The molecule has 0 aromatic heterocycles. The quantitative estimate of drug-likeness (QED) is 0.853. The Morgan fingerprint density at radius 2 is 1.59 bits per heavy atom. The van der Waals surface area contributed by atoms with Crippen LogP contribution in [0.1, 0.15) is 25.8 Å². The molecule has 0 spiro atoms. The van der Waals surface area contributed by atoms with E-state index in [9.17, 15) is 8.42 Å². The van der Waals surface area contributed by atoms with Gasteiger partial charge in [-0.25, -0.2) is 8.42 Å². The van der Waals surface area contributed by atoms with E-state index in [1.807, 2.05) is 6.92 Å². The van der Waals surface area contributed by atoms with E-state index in [0.717, 1.165) is 12.0 Å². The molecule has 1 fully saturated rings. The second-order valence-corrected chi connectivity index (χ2v) is 8.15. The Kier molecular flexibility index (Phi) is 5.02. The summed E-state index contributed by atoms with van der Waals surface area (Å²) in [4.78, 5) is 0.179. The number of ether oxygens (including phenoxy) is 2. The molecule has 0 aliphatic carbocycles. The highest BCUT2D eigenvalue weighted by molar-refractivity contribution is 7.89. The first kappa shape index (κ1) is 17.1. The summed E-state index contributed by atoms with van der Waals surface area (Å²) in [6.07, 6.45) is 1.06. The number of methoxy groups -OCH3 is 2. The molecular weight excluding hydrogens is 302 g/mol. The van der Waals surface area contributed by atoms with E-state index in [0.29, 0.717) is 36.4 Å². The van der Waals surface area contributed by atoms with Crippen LogP contribution < -0.4 is 9.47 Å². The summed E-state index contributed by atoms with van der Waals surface area (Å²) < 4.78 is 38.2. The minimum atomic E-state index is -3.59. The van der Waals surface area contributed by atoms with Crippen molar-refractivity contribution in [2.75, 3.05) is 27.3 Å². The third-order valence-corrected chi connectivity index (χ3v) is 5.99. The van der Waals surface area contributed by atoms with Crippen LogP contribution >= 0.6 is 0 Å². The molecule has 0 unspecified atom stereocenters. The van der Waals surface area contributed by atoms with Gasteiger partial charge in [0.15, 0.2) is 0 Å². The van der Waals surface area contributed by atoms with Crippen molar-refractivity contribution < 1.29 is 17.9 Å². The van der Waals surface area contributed by atoms with Gasteiger partial charge in [-0.15, -0.1) is 0 Å². The lowest BCUT2D eigenvalue weighted by molar-refractivity contribution is 0.222. The fraction of sp³-hybridized carbons (Fsp3) is 0.625. The van der Waals surface area contributed by atoms with E-state index < -0.39 is 10.0 Å². The maximum absolute atomic E-state index is 13.0. The molecule has 1 heterocycles. The van der Waals surface area contributed by atoms with Gasteiger partial charge in [-0.1, -0.05) is 13.8 Å². The molecule has 1 aromatic carbocycles. The predicted octanol–water partition coefficient (Wildman–Crippen LogP) is 2.68. The van der Waals surface area contributed by atoms with Crippen molar-refractivity contribution in [1.82, 2.24) is 4.31 Å². The van der Waals surface area contributed by atoms with Gasteiger partial charge in [0.25, 0.3) is 0 Å². The maximum atomic E-state index is 13.0. The molecule has 5 nitrogen and oxygen atoms in total. The molecule has 0 saturated carbocycles. The molecule has 0 bridgehead atoms. The van der Waals surface area contributed by atoms with Gasteiger partial charge < -0.3 is 9.47 Å². The number of hydrogen-bond donors (Lipinski definition) is 0. The number of nitrogens with zero attached hydrogens (tertiary/aromatic N) is 1. The molecule has 0 N–H and O–H groups in total. The first-order valence-electron chi connectivity index (χ1n) is 7.52. The Labute approximate surface area is 133 Å². The average molecular weight is 327 g/mol. The highest BCUT2D eigenvalue weighted by atomic mass is 32.2. The summed E-state index contributed by atoms with van der Waals surface area (Å²) in [6.45, 7) is 7.14. The van der Waals surface area contributed by atoms with Crippen LogP contribution in [0.2, 0.25) is 0 Å². The van der Waals surface area contributed by atoms with Crippen molar-refractivity contribution in [1.29, 1.82) is 0 Å². The van der Waals surface area contributed by atoms with Crippen molar-refractivity contribution >= 4 is 10.0 Å². The summed E-state index contributed by atoms with van der Waals surface area (Å²) in [5.74, 6) is 1.63. The van der Waals surface area contributed by atoms with Crippen molar-refractivity contribution in [3.63, 3.8) is 0 Å². The molecule has 1 aromatic rings. The zero-order valence-electron chi connectivity index (χ0n) is 13.9.